The van der Waals surface area contributed by atoms with Gasteiger partial charge in [0, 0.05) is 13.1 Å². The molecule has 2 saturated carbocycles. The van der Waals surface area contributed by atoms with Crippen LogP contribution in [0.25, 0.3) is 0 Å². The normalized spacial score (nSPS) is 17.9. The van der Waals surface area contributed by atoms with E-state index < -0.39 is 0 Å². The Balaban J connectivity index is 1.88. The van der Waals surface area contributed by atoms with Gasteiger partial charge in [-0.05, 0) is 43.6 Å². The lowest BCUT2D eigenvalue weighted by molar-refractivity contribution is 0.0601. The van der Waals surface area contributed by atoms with E-state index in [-0.39, 0.29) is 5.97 Å². The first kappa shape index (κ1) is 13.2. The number of nitrogens with zero attached hydrogens (tertiary/aromatic N) is 2. The van der Waals surface area contributed by atoms with Crippen LogP contribution in [0.1, 0.15) is 36.0 Å². The number of rotatable bonds is 6. The van der Waals surface area contributed by atoms with Crippen molar-refractivity contribution in [2.24, 2.45) is 11.8 Å². The number of nitrogens with two attached hydrogens (primary N) is 1. The van der Waals surface area contributed by atoms with Crippen LogP contribution in [0.2, 0.25) is 0 Å². The quantitative estimate of drug-likeness (QED) is 0.805. The van der Waals surface area contributed by atoms with Crippen LogP contribution in [0, 0.1) is 11.8 Å². The molecular formula is C15H21N3O2. The Morgan fingerprint density at radius 3 is 2.45 bits per heavy atom. The smallest absolute Gasteiger partial charge is 0.341 e. The summed E-state index contributed by atoms with van der Waals surface area (Å²) in [6.07, 6.45) is 6.75. The summed E-state index contributed by atoms with van der Waals surface area (Å²) in [5.74, 6) is 1.86. The van der Waals surface area contributed by atoms with E-state index in [1.54, 1.807) is 12.3 Å². The Kier molecular flexibility index (Phi) is 3.51. The molecule has 1 aromatic rings. The molecule has 0 amide bonds. The lowest BCUT2D eigenvalue weighted by atomic mass is 10.2. The Labute approximate surface area is 119 Å². The fourth-order valence-corrected chi connectivity index (χ4v) is 2.46. The Morgan fingerprint density at radius 2 is 1.95 bits per heavy atom. The van der Waals surface area contributed by atoms with Crippen molar-refractivity contribution in [1.82, 2.24) is 4.98 Å². The number of esters is 1. The van der Waals surface area contributed by atoms with Crippen LogP contribution in [-0.4, -0.2) is 31.2 Å². The van der Waals surface area contributed by atoms with Gasteiger partial charge in [0.1, 0.15) is 11.4 Å². The van der Waals surface area contributed by atoms with E-state index in [9.17, 15) is 4.79 Å². The van der Waals surface area contributed by atoms with Crippen LogP contribution < -0.4 is 10.6 Å². The number of anilines is 2. The summed E-state index contributed by atoms with van der Waals surface area (Å²) in [6.45, 7) is 1.97. The topological polar surface area (TPSA) is 68.5 Å². The number of hydrogen-bond acceptors (Lipinski definition) is 5. The number of carbonyl (C=O) groups excluding carboxylic acids is 1. The largest absolute Gasteiger partial charge is 0.465 e. The summed E-state index contributed by atoms with van der Waals surface area (Å²) < 4.78 is 4.86. The van der Waals surface area contributed by atoms with Crippen molar-refractivity contribution in [3.05, 3.63) is 17.8 Å². The van der Waals surface area contributed by atoms with Gasteiger partial charge in [0.2, 0.25) is 0 Å². The number of pyridine rings is 1. The number of carbonyl (C=O) groups is 1. The van der Waals surface area contributed by atoms with E-state index in [4.69, 9.17) is 10.5 Å². The standard InChI is InChI=1S/C15H21N3O2/c1-20-15(19)13-6-12(16)7-17-14(13)18(8-10-2-3-10)9-11-4-5-11/h6-7,10-11H,2-5,8-9,16H2,1H3. The van der Waals surface area contributed by atoms with Gasteiger partial charge >= 0.3 is 5.97 Å². The van der Waals surface area contributed by atoms with E-state index >= 15 is 0 Å². The Hall–Kier alpha value is -1.78. The van der Waals surface area contributed by atoms with Crippen molar-refractivity contribution in [1.29, 1.82) is 0 Å². The maximum atomic E-state index is 11.9. The molecule has 0 atom stereocenters. The first-order valence-electron chi connectivity index (χ1n) is 7.26. The molecule has 2 fully saturated rings. The third-order valence-electron chi connectivity index (χ3n) is 3.94. The minimum Gasteiger partial charge on any atom is -0.465 e. The van der Waals surface area contributed by atoms with Gasteiger partial charge in [-0.3, -0.25) is 0 Å². The van der Waals surface area contributed by atoms with Gasteiger partial charge < -0.3 is 15.4 Å². The first-order valence-corrected chi connectivity index (χ1v) is 7.26. The van der Waals surface area contributed by atoms with Crippen molar-refractivity contribution >= 4 is 17.5 Å². The highest BCUT2D eigenvalue weighted by atomic mass is 16.5. The average Bonchev–Trinajstić information content (AvgIpc) is 3.32. The minimum atomic E-state index is -0.364. The average molecular weight is 275 g/mol. The van der Waals surface area contributed by atoms with Crippen molar-refractivity contribution < 1.29 is 9.53 Å². The van der Waals surface area contributed by atoms with Gasteiger partial charge in [0.15, 0.2) is 0 Å². The van der Waals surface area contributed by atoms with Crippen molar-refractivity contribution in [2.75, 3.05) is 30.8 Å². The van der Waals surface area contributed by atoms with Crippen LogP contribution >= 0.6 is 0 Å². The van der Waals surface area contributed by atoms with Crippen molar-refractivity contribution in [3.8, 4) is 0 Å². The number of hydrogen-bond donors (Lipinski definition) is 1. The second-order valence-electron chi connectivity index (χ2n) is 5.92. The highest BCUT2D eigenvalue weighted by Gasteiger charge is 2.31. The molecule has 2 aliphatic rings. The van der Waals surface area contributed by atoms with Gasteiger partial charge in [-0.25, -0.2) is 9.78 Å². The summed E-state index contributed by atoms with van der Waals surface area (Å²) in [5, 5.41) is 0. The fraction of sp³-hybridized carbons (Fsp3) is 0.600. The molecule has 5 nitrogen and oxygen atoms in total. The zero-order valence-corrected chi connectivity index (χ0v) is 11.8. The Morgan fingerprint density at radius 1 is 1.35 bits per heavy atom. The summed E-state index contributed by atoms with van der Waals surface area (Å²) in [4.78, 5) is 18.6. The van der Waals surface area contributed by atoms with Gasteiger partial charge in [-0.1, -0.05) is 0 Å². The number of aromatic nitrogens is 1. The molecule has 2 aliphatic carbocycles. The maximum absolute atomic E-state index is 11.9. The molecule has 0 bridgehead atoms. The number of ether oxygens (including phenoxy) is 1. The third kappa shape index (κ3) is 3.03. The van der Waals surface area contributed by atoms with Crippen LogP contribution in [0.5, 0.6) is 0 Å². The summed E-state index contributed by atoms with van der Waals surface area (Å²) in [6, 6.07) is 1.67. The molecule has 108 valence electrons. The van der Waals surface area contributed by atoms with E-state index in [0.717, 1.165) is 30.7 Å². The summed E-state index contributed by atoms with van der Waals surface area (Å²) in [7, 11) is 1.39. The monoisotopic (exact) mass is 275 g/mol. The minimum absolute atomic E-state index is 0.364. The SMILES string of the molecule is COC(=O)c1cc(N)cnc1N(CC1CC1)CC1CC1. The van der Waals surface area contributed by atoms with Gasteiger partial charge in [-0.15, -0.1) is 0 Å². The molecule has 3 rings (SSSR count). The molecule has 0 radical (unpaired) electrons. The van der Waals surface area contributed by atoms with Crippen LogP contribution in [-0.2, 0) is 4.74 Å². The molecule has 0 saturated heterocycles. The zero-order valence-electron chi connectivity index (χ0n) is 11.8. The highest BCUT2D eigenvalue weighted by molar-refractivity contribution is 5.95. The maximum Gasteiger partial charge on any atom is 0.341 e. The summed E-state index contributed by atoms with van der Waals surface area (Å²) >= 11 is 0. The predicted octanol–water partition coefficient (Wildman–Crippen LogP) is 2.08. The van der Waals surface area contributed by atoms with Crippen molar-refractivity contribution in [3.63, 3.8) is 0 Å². The molecule has 5 heteroatoms. The third-order valence-corrected chi connectivity index (χ3v) is 3.94. The Bertz CT molecular complexity index is 496. The number of nitrogen functional groups attached to an aromatic ring is 1. The van der Waals surface area contributed by atoms with E-state index in [1.165, 1.54) is 32.8 Å². The second kappa shape index (κ2) is 5.31. The van der Waals surface area contributed by atoms with E-state index in [0.29, 0.717) is 11.3 Å². The van der Waals surface area contributed by atoms with Gasteiger partial charge in [0.05, 0.1) is 19.0 Å². The van der Waals surface area contributed by atoms with Crippen LogP contribution in [0.15, 0.2) is 12.3 Å². The summed E-state index contributed by atoms with van der Waals surface area (Å²) in [5.41, 5.74) is 6.73. The van der Waals surface area contributed by atoms with Crippen LogP contribution in [0.3, 0.4) is 0 Å². The van der Waals surface area contributed by atoms with Crippen LogP contribution in [0.4, 0.5) is 11.5 Å². The van der Waals surface area contributed by atoms with Gasteiger partial charge in [-0.2, -0.15) is 0 Å². The fourth-order valence-electron chi connectivity index (χ4n) is 2.46. The molecule has 0 aromatic carbocycles. The second-order valence-corrected chi connectivity index (χ2v) is 5.92. The highest BCUT2D eigenvalue weighted by Crippen LogP contribution is 2.36. The zero-order chi connectivity index (χ0) is 14.1. The molecule has 20 heavy (non-hydrogen) atoms. The lowest BCUT2D eigenvalue weighted by Crippen LogP contribution is -2.30. The molecule has 0 unspecified atom stereocenters. The predicted molar refractivity (Wildman–Crippen MR) is 77.6 cm³/mol. The molecule has 1 heterocycles. The molecular weight excluding hydrogens is 254 g/mol. The lowest BCUT2D eigenvalue weighted by Gasteiger charge is -2.25. The molecule has 1 aromatic heterocycles. The van der Waals surface area contributed by atoms with E-state index in [1.807, 2.05) is 0 Å². The molecule has 0 aliphatic heterocycles. The van der Waals surface area contributed by atoms with Gasteiger partial charge in [0.25, 0.3) is 0 Å². The van der Waals surface area contributed by atoms with E-state index in [2.05, 4.69) is 9.88 Å². The molecule has 0 spiro atoms. The number of methoxy groups -OCH3 is 1. The van der Waals surface area contributed by atoms with Crippen molar-refractivity contribution in [2.45, 2.75) is 25.7 Å². The first-order chi connectivity index (χ1) is 9.67. The molecule has 2 N–H and O–H groups in total.